The smallest absolute Gasteiger partial charge is 0.131 e. The monoisotopic (exact) mass is 264 g/mol. The maximum atomic E-state index is 14.0. The molecule has 2 rings (SSSR count). The van der Waals surface area contributed by atoms with Gasteiger partial charge in [-0.05, 0) is 19.2 Å². The maximum absolute atomic E-state index is 14.0. The van der Waals surface area contributed by atoms with Crippen LogP contribution >= 0.6 is 0 Å². The molecule has 0 saturated carbocycles. The minimum Gasteiger partial charge on any atom is -0.496 e. The Morgan fingerprint density at radius 2 is 2.26 bits per heavy atom. The van der Waals surface area contributed by atoms with Crippen LogP contribution in [0.3, 0.4) is 0 Å². The highest BCUT2D eigenvalue weighted by Crippen LogP contribution is 2.29. The second kappa shape index (κ2) is 5.79. The van der Waals surface area contributed by atoms with Crippen molar-refractivity contribution in [2.75, 3.05) is 14.2 Å². The third kappa shape index (κ3) is 2.90. The van der Waals surface area contributed by atoms with Gasteiger partial charge in [-0.15, -0.1) is 5.10 Å². The molecule has 1 heterocycles. The number of aromatic nitrogens is 3. The largest absolute Gasteiger partial charge is 0.496 e. The topological polar surface area (TPSA) is 52.0 Å². The summed E-state index contributed by atoms with van der Waals surface area (Å²) in [6.07, 6.45) is 2.36. The molecule has 0 aliphatic heterocycles. The maximum Gasteiger partial charge on any atom is 0.131 e. The van der Waals surface area contributed by atoms with Crippen LogP contribution in [0, 0.1) is 5.82 Å². The van der Waals surface area contributed by atoms with Crippen molar-refractivity contribution in [3.05, 3.63) is 41.5 Å². The number of halogens is 1. The molecule has 0 aliphatic rings. The average Bonchev–Trinajstić information content (AvgIpc) is 2.81. The molecule has 1 aromatic carbocycles. The normalized spacial score (nSPS) is 12.4. The van der Waals surface area contributed by atoms with Crippen molar-refractivity contribution in [2.45, 2.75) is 12.5 Å². The van der Waals surface area contributed by atoms with Crippen LogP contribution in [0.4, 0.5) is 4.39 Å². The van der Waals surface area contributed by atoms with Crippen molar-refractivity contribution >= 4 is 0 Å². The van der Waals surface area contributed by atoms with E-state index < -0.39 is 0 Å². The van der Waals surface area contributed by atoms with Gasteiger partial charge in [-0.2, -0.15) is 0 Å². The fraction of sp³-hybridized carbons (Fsp3) is 0.385. The highest BCUT2D eigenvalue weighted by molar-refractivity contribution is 5.37. The number of rotatable bonds is 5. The van der Waals surface area contributed by atoms with Gasteiger partial charge in [0, 0.05) is 31.3 Å². The third-order valence-corrected chi connectivity index (χ3v) is 2.99. The lowest BCUT2D eigenvalue weighted by Gasteiger charge is -2.19. The zero-order valence-electron chi connectivity index (χ0n) is 11.2. The molecule has 19 heavy (non-hydrogen) atoms. The lowest BCUT2D eigenvalue weighted by Crippen LogP contribution is -2.21. The van der Waals surface area contributed by atoms with Gasteiger partial charge >= 0.3 is 0 Å². The molecule has 5 nitrogen and oxygen atoms in total. The summed E-state index contributed by atoms with van der Waals surface area (Å²) in [7, 11) is 5.12. The molecular formula is C13H17FN4O. The van der Waals surface area contributed by atoms with E-state index in [0.29, 0.717) is 17.7 Å². The van der Waals surface area contributed by atoms with Crippen molar-refractivity contribution < 1.29 is 9.13 Å². The lowest BCUT2D eigenvalue weighted by atomic mass is 10.0. The van der Waals surface area contributed by atoms with Crippen molar-refractivity contribution in [1.29, 1.82) is 0 Å². The second-order valence-corrected chi connectivity index (χ2v) is 4.28. The van der Waals surface area contributed by atoms with E-state index in [0.717, 1.165) is 5.69 Å². The summed E-state index contributed by atoms with van der Waals surface area (Å²) in [4.78, 5) is 0. The zero-order valence-corrected chi connectivity index (χ0v) is 11.2. The Hall–Kier alpha value is -1.95. The minimum atomic E-state index is -0.289. The van der Waals surface area contributed by atoms with Crippen LogP contribution in [0.25, 0.3) is 0 Å². The van der Waals surface area contributed by atoms with Crippen molar-refractivity contribution in [3.63, 3.8) is 0 Å². The summed E-state index contributed by atoms with van der Waals surface area (Å²) < 4.78 is 20.9. The Balaban J connectivity index is 2.31. The van der Waals surface area contributed by atoms with Gasteiger partial charge in [-0.1, -0.05) is 11.3 Å². The van der Waals surface area contributed by atoms with E-state index in [1.165, 1.54) is 13.2 Å². The number of benzene rings is 1. The molecule has 1 unspecified atom stereocenters. The van der Waals surface area contributed by atoms with Crippen LogP contribution in [0.2, 0.25) is 0 Å². The van der Waals surface area contributed by atoms with Gasteiger partial charge in [0.1, 0.15) is 11.6 Å². The van der Waals surface area contributed by atoms with Crippen LogP contribution in [-0.2, 0) is 13.5 Å². The van der Waals surface area contributed by atoms with E-state index in [-0.39, 0.29) is 11.9 Å². The lowest BCUT2D eigenvalue weighted by molar-refractivity contribution is 0.392. The summed E-state index contributed by atoms with van der Waals surface area (Å²) >= 11 is 0. The van der Waals surface area contributed by atoms with E-state index in [1.807, 2.05) is 6.20 Å². The highest BCUT2D eigenvalue weighted by atomic mass is 19.1. The molecule has 1 N–H and O–H groups in total. The number of ether oxygens (including phenoxy) is 1. The van der Waals surface area contributed by atoms with Gasteiger partial charge < -0.3 is 10.1 Å². The SMILES string of the molecule is CNC(Cc1cn(C)nn1)c1c(F)cccc1OC. The first-order valence-corrected chi connectivity index (χ1v) is 6.00. The van der Waals surface area contributed by atoms with Gasteiger partial charge in [0.2, 0.25) is 0 Å². The number of nitrogens with zero attached hydrogens (tertiary/aromatic N) is 3. The molecule has 1 atom stereocenters. The Labute approximate surface area is 111 Å². The summed E-state index contributed by atoms with van der Waals surface area (Å²) in [5, 5.41) is 11.0. The zero-order chi connectivity index (χ0) is 13.8. The predicted molar refractivity (Wildman–Crippen MR) is 69.5 cm³/mol. The molecule has 102 valence electrons. The fourth-order valence-corrected chi connectivity index (χ4v) is 2.08. The predicted octanol–water partition coefficient (Wildman–Crippen LogP) is 1.47. The van der Waals surface area contributed by atoms with Crippen LogP contribution in [0.15, 0.2) is 24.4 Å². The van der Waals surface area contributed by atoms with Gasteiger partial charge in [0.15, 0.2) is 0 Å². The molecule has 0 bridgehead atoms. The number of hydrogen-bond donors (Lipinski definition) is 1. The summed E-state index contributed by atoms with van der Waals surface area (Å²) in [5.74, 6) is 0.242. The van der Waals surface area contributed by atoms with E-state index in [4.69, 9.17) is 4.74 Å². The molecule has 0 saturated heterocycles. The van der Waals surface area contributed by atoms with Gasteiger partial charge in [-0.25, -0.2) is 4.39 Å². The van der Waals surface area contributed by atoms with Crippen LogP contribution in [-0.4, -0.2) is 29.2 Å². The molecule has 1 aromatic heterocycles. The highest BCUT2D eigenvalue weighted by Gasteiger charge is 2.20. The number of aryl methyl sites for hydroxylation is 1. The first kappa shape index (κ1) is 13.5. The van der Waals surface area contributed by atoms with Crippen LogP contribution in [0.1, 0.15) is 17.3 Å². The quantitative estimate of drug-likeness (QED) is 0.888. The third-order valence-electron chi connectivity index (χ3n) is 2.99. The fourth-order valence-electron chi connectivity index (χ4n) is 2.08. The van der Waals surface area contributed by atoms with E-state index in [2.05, 4.69) is 15.6 Å². The molecule has 0 fully saturated rings. The van der Waals surface area contributed by atoms with Crippen molar-refractivity contribution in [3.8, 4) is 5.75 Å². The molecule has 6 heteroatoms. The second-order valence-electron chi connectivity index (χ2n) is 4.28. The average molecular weight is 264 g/mol. The Kier molecular flexibility index (Phi) is 4.11. The number of methoxy groups -OCH3 is 1. The minimum absolute atomic E-state index is 0.215. The first-order chi connectivity index (χ1) is 9.15. The Morgan fingerprint density at radius 1 is 1.47 bits per heavy atom. The van der Waals surface area contributed by atoms with Gasteiger partial charge in [-0.3, -0.25) is 4.68 Å². The number of hydrogen-bond acceptors (Lipinski definition) is 4. The van der Waals surface area contributed by atoms with Crippen LogP contribution < -0.4 is 10.1 Å². The van der Waals surface area contributed by atoms with E-state index in [1.54, 1.807) is 30.9 Å². The molecule has 2 aromatic rings. The number of nitrogens with one attached hydrogen (secondary N) is 1. The standard InChI is InChI=1S/C13H17FN4O/c1-15-11(7-9-8-18(2)17-16-9)13-10(14)5-4-6-12(13)19-3/h4-6,8,11,15H,7H2,1-3H3. The summed E-state index contributed by atoms with van der Waals surface area (Å²) in [5.41, 5.74) is 1.31. The Morgan fingerprint density at radius 3 is 2.84 bits per heavy atom. The number of likely N-dealkylation sites (N-methyl/N-ethyl adjacent to an activating group) is 1. The van der Waals surface area contributed by atoms with Gasteiger partial charge in [0.25, 0.3) is 0 Å². The molecule has 0 radical (unpaired) electrons. The molecule has 0 spiro atoms. The van der Waals surface area contributed by atoms with Crippen molar-refractivity contribution in [1.82, 2.24) is 20.3 Å². The van der Waals surface area contributed by atoms with Crippen molar-refractivity contribution in [2.24, 2.45) is 7.05 Å². The summed E-state index contributed by atoms with van der Waals surface area (Å²) in [6, 6.07) is 4.60. The Bertz CT molecular complexity index is 555. The van der Waals surface area contributed by atoms with Gasteiger partial charge in [0.05, 0.1) is 12.8 Å². The van der Waals surface area contributed by atoms with E-state index in [9.17, 15) is 4.39 Å². The first-order valence-electron chi connectivity index (χ1n) is 6.00. The molecule has 0 aliphatic carbocycles. The molecule has 0 amide bonds. The van der Waals surface area contributed by atoms with E-state index >= 15 is 0 Å². The summed E-state index contributed by atoms with van der Waals surface area (Å²) in [6.45, 7) is 0. The van der Waals surface area contributed by atoms with Crippen LogP contribution in [0.5, 0.6) is 5.75 Å². The molecular weight excluding hydrogens is 247 g/mol.